The molecule has 0 amide bonds. The molecule has 16 heavy (non-hydrogen) atoms. The van der Waals surface area contributed by atoms with E-state index in [4.69, 9.17) is 5.73 Å². The van der Waals surface area contributed by atoms with Crippen molar-refractivity contribution in [1.82, 2.24) is 0 Å². The van der Waals surface area contributed by atoms with Crippen LogP contribution < -0.4 is 5.73 Å². The van der Waals surface area contributed by atoms with Crippen LogP contribution in [0.4, 0.5) is 22.0 Å². The summed E-state index contributed by atoms with van der Waals surface area (Å²) in [6, 6.07) is 1.92. The number of rotatable bonds is 2. The van der Waals surface area contributed by atoms with Crippen molar-refractivity contribution >= 4 is 0 Å². The van der Waals surface area contributed by atoms with Gasteiger partial charge in [0.05, 0.1) is 5.56 Å². The highest BCUT2D eigenvalue weighted by Crippen LogP contribution is 2.34. The number of nitrogens with two attached hydrogens (primary N) is 1. The molecule has 1 atom stereocenters. The molecule has 0 spiro atoms. The molecular weight excluding hydrogens is 229 g/mol. The molecule has 1 aromatic carbocycles. The number of halogens is 5. The zero-order valence-corrected chi connectivity index (χ0v) is 8.41. The predicted octanol–water partition coefficient (Wildman–Crippen LogP) is 2.99. The second-order valence-electron chi connectivity index (χ2n) is 3.59. The van der Waals surface area contributed by atoms with Crippen LogP contribution in [0.15, 0.2) is 18.2 Å². The molecule has 0 saturated heterocycles. The summed E-state index contributed by atoms with van der Waals surface area (Å²) < 4.78 is 63.3. The van der Waals surface area contributed by atoms with Crippen LogP contribution in [-0.4, -0.2) is 6.54 Å². The summed E-state index contributed by atoms with van der Waals surface area (Å²) in [4.78, 5) is 0. The van der Waals surface area contributed by atoms with Gasteiger partial charge in [0.25, 0.3) is 0 Å². The molecule has 1 aromatic rings. The standard InChI is InChI=1S/C10H10F5N/c1-9(12,5-16)6-2-3-7(8(11)4-6)10(13,14)15/h2-4H,5,16H2,1H3. The Morgan fingerprint density at radius 3 is 2.12 bits per heavy atom. The number of hydrogen-bond donors (Lipinski definition) is 1. The SMILES string of the molecule is CC(F)(CN)c1ccc(C(F)(F)F)c(F)c1. The third kappa shape index (κ3) is 2.49. The number of benzene rings is 1. The Morgan fingerprint density at radius 2 is 1.75 bits per heavy atom. The molecule has 0 saturated carbocycles. The average molecular weight is 239 g/mol. The third-order valence-electron chi connectivity index (χ3n) is 2.26. The van der Waals surface area contributed by atoms with E-state index in [0.29, 0.717) is 12.1 Å². The van der Waals surface area contributed by atoms with Crippen LogP contribution in [0.2, 0.25) is 0 Å². The van der Waals surface area contributed by atoms with Gasteiger partial charge >= 0.3 is 6.18 Å². The monoisotopic (exact) mass is 239 g/mol. The van der Waals surface area contributed by atoms with Crippen LogP contribution in [-0.2, 0) is 11.8 Å². The van der Waals surface area contributed by atoms with Gasteiger partial charge in [0, 0.05) is 6.54 Å². The minimum Gasteiger partial charge on any atom is -0.327 e. The van der Waals surface area contributed by atoms with Crippen LogP contribution in [0.5, 0.6) is 0 Å². The van der Waals surface area contributed by atoms with Crippen molar-refractivity contribution in [2.45, 2.75) is 18.8 Å². The molecule has 6 heteroatoms. The van der Waals surface area contributed by atoms with E-state index in [2.05, 4.69) is 0 Å². The van der Waals surface area contributed by atoms with Crippen molar-refractivity contribution in [1.29, 1.82) is 0 Å². The molecule has 90 valence electrons. The Labute approximate surface area is 89.1 Å². The highest BCUT2D eigenvalue weighted by Gasteiger charge is 2.35. The quantitative estimate of drug-likeness (QED) is 0.789. The first-order valence-electron chi connectivity index (χ1n) is 4.44. The summed E-state index contributed by atoms with van der Waals surface area (Å²) in [5.74, 6) is -1.50. The second kappa shape index (κ2) is 4.01. The highest BCUT2D eigenvalue weighted by molar-refractivity contribution is 5.30. The summed E-state index contributed by atoms with van der Waals surface area (Å²) in [6.45, 7) is 0.646. The van der Waals surface area contributed by atoms with E-state index in [9.17, 15) is 22.0 Å². The molecule has 0 radical (unpaired) electrons. The highest BCUT2D eigenvalue weighted by atomic mass is 19.4. The van der Waals surface area contributed by atoms with Gasteiger partial charge in [-0.3, -0.25) is 0 Å². The van der Waals surface area contributed by atoms with E-state index >= 15 is 0 Å². The van der Waals surface area contributed by atoms with Crippen LogP contribution >= 0.6 is 0 Å². The van der Waals surface area contributed by atoms with E-state index in [0.717, 1.165) is 13.0 Å². The second-order valence-corrected chi connectivity index (χ2v) is 3.59. The summed E-state index contributed by atoms with van der Waals surface area (Å²) >= 11 is 0. The third-order valence-corrected chi connectivity index (χ3v) is 2.26. The van der Waals surface area contributed by atoms with E-state index < -0.39 is 29.8 Å². The van der Waals surface area contributed by atoms with Crippen molar-refractivity contribution in [2.24, 2.45) is 5.73 Å². The lowest BCUT2D eigenvalue weighted by Gasteiger charge is -2.19. The van der Waals surface area contributed by atoms with Gasteiger partial charge in [0.15, 0.2) is 0 Å². The van der Waals surface area contributed by atoms with E-state index in [1.54, 1.807) is 0 Å². The Balaban J connectivity index is 3.20. The Hall–Kier alpha value is -1.17. The van der Waals surface area contributed by atoms with Crippen molar-refractivity contribution in [2.75, 3.05) is 6.54 Å². The van der Waals surface area contributed by atoms with Gasteiger partial charge in [-0.05, 0) is 24.6 Å². The fourth-order valence-electron chi connectivity index (χ4n) is 1.19. The molecule has 0 aromatic heterocycles. The van der Waals surface area contributed by atoms with Crippen molar-refractivity contribution in [3.05, 3.63) is 35.1 Å². The molecule has 0 aliphatic heterocycles. The lowest BCUT2D eigenvalue weighted by atomic mass is 9.96. The van der Waals surface area contributed by atoms with Crippen molar-refractivity contribution < 1.29 is 22.0 Å². The molecule has 0 aliphatic carbocycles. The first kappa shape index (κ1) is 12.9. The normalized spacial score (nSPS) is 15.9. The van der Waals surface area contributed by atoms with E-state index in [-0.39, 0.29) is 5.56 Å². The topological polar surface area (TPSA) is 26.0 Å². The number of alkyl halides is 4. The van der Waals surface area contributed by atoms with Gasteiger partial charge in [-0.1, -0.05) is 6.07 Å². The Kier molecular flexibility index (Phi) is 3.23. The molecule has 2 N–H and O–H groups in total. The van der Waals surface area contributed by atoms with Gasteiger partial charge in [-0.2, -0.15) is 13.2 Å². The van der Waals surface area contributed by atoms with E-state index in [1.807, 2.05) is 0 Å². The summed E-state index contributed by atoms with van der Waals surface area (Å²) in [7, 11) is 0. The maximum atomic E-state index is 13.6. The van der Waals surface area contributed by atoms with Gasteiger partial charge in [-0.25, -0.2) is 8.78 Å². The van der Waals surface area contributed by atoms with Crippen molar-refractivity contribution in [3.63, 3.8) is 0 Å². The van der Waals surface area contributed by atoms with Gasteiger partial charge in [0.2, 0.25) is 0 Å². The zero-order valence-electron chi connectivity index (χ0n) is 8.41. The summed E-state index contributed by atoms with van der Waals surface area (Å²) in [6.07, 6.45) is -4.78. The average Bonchev–Trinajstić information content (AvgIpc) is 2.15. The fraction of sp³-hybridized carbons (Fsp3) is 0.400. The Bertz CT molecular complexity index is 383. The van der Waals surface area contributed by atoms with E-state index in [1.165, 1.54) is 0 Å². The minimum absolute atomic E-state index is 0.208. The zero-order chi connectivity index (χ0) is 12.6. The predicted molar refractivity (Wildman–Crippen MR) is 48.9 cm³/mol. The largest absolute Gasteiger partial charge is 0.419 e. The van der Waals surface area contributed by atoms with Gasteiger partial charge in [-0.15, -0.1) is 0 Å². The number of hydrogen-bond acceptors (Lipinski definition) is 1. The first-order valence-corrected chi connectivity index (χ1v) is 4.44. The van der Waals surface area contributed by atoms with Crippen LogP contribution in [0.1, 0.15) is 18.1 Å². The molecule has 0 heterocycles. The van der Waals surface area contributed by atoms with Crippen LogP contribution in [0.3, 0.4) is 0 Å². The molecule has 0 bridgehead atoms. The minimum atomic E-state index is -4.78. The van der Waals surface area contributed by atoms with Crippen LogP contribution in [0.25, 0.3) is 0 Å². The van der Waals surface area contributed by atoms with Gasteiger partial charge in [0.1, 0.15) is 11.5 Å². The fourth-order valence-corrected chi connectivity index (χ4v) is 1.19. The van der Waals surface area contributed by atoms with Crippen LogP contribution in [0, 0.1) is 5.82 Å². The first-order chi connectivity index (χ1) is 7.18. The molecule has 1 nitrogen and oxygen atoms in total. The maximum absolute atomic E-state index is 13.6. The smallest absolute Gasteiger partial charge is 0.327 e. The molecule has 1 unspecified atom stereocenters. The summed E-state index contributed by atoms with van der Waals surface area (Å²) in [5.41, 5.74) is 1.44. The molecular formula is C10H10F5N. The molecule has 1 rings (SSSR count). The Morgan fingerprint density at radius 1 is 1.19 bits per heavy atom. The molecule has 0 fully saturated rings. The molecule has 0 aliphatic rings. The lowest BCUT2D eigenvalue weighted by Crippen LogP contribution is -2.27. The maximum Gasteiger partial charge on any atom is 0.419 e. The summed E-state index contributed by atoms with van der Waals surface area (Å²) in [5, 5.41) is 0. The van der Waals surface area contributed by atoms with Crippen molar-refractivity contribution in [3.8, 4) is 0 Å². The van der Waals surface area contributed by atoms with Gasteiger partial charge < -0.3 is 5.73 Å². The lowest BCUT2D eigenvalue weighted by molar-refractivity contribution is -0.140.